The van der Waals surface area contributed by atoms with Crippen molar-refractivity contribution in [3.8, 4) is 0 Å². The van der Waals surface area contributed by atoms with Crippen molar-refractivity contribution < 1.29 is 25.7 Å². The molecular formula is C21H29ClN2O2RuS. The van der Waals surface area contributed by atoms with E-state index in [0.29, 0.717) is 12.3 Å². The summed E-state index contributed by atoms with van der Waals surface area (Å²) in [5.41, 5.74) is 10.1. The Balaban J connectivity index is 0.00000235. The van der Waals surface area contributed by atoms with Crippen molar-refractivity contribution in [3.63, 3.8) is 0 Å². The molecule has 156 valence electrons. The molecule has 3 atom stereocenters. The van der Waals surface area contributed by atoms with Crippen LogP contribution in [0.25, 0.3) is 10.5 Å². The second kappa shape index (κ2) is 14.2. The first-order valence-corrected chi connectivity index (χ1v) is 12.7. The Morgan fingerprint density at radius 3 is 1.93 bits per heavy atom. The third kappa shape index (κ3) is 9.15. The zero-order valence-electron chi connectivity index (χ0n) is 16.5. The van der Waals surface area contributed by atoms with E-state index in [4.69, 9.17) is 5.73 Å². The van der Waals surface area contributed by atoms with Crippen molar-refractivity contribution in [2.45, 2.75) is 38.8 Å². The van der Waals surface area contributed by atoms with E-state index in [1.54, 1.807) is 0 Å². The molecule has 0 bridgehead atoms. The molecule has 3 unspecified atom stereocenters. The molecule has 1 N–H and O–H groups in total. The number of hydrogen-bond donors (Lipinski definition) is 0. The summed E-state index contributed by atoms with van der Waals surface area (Å²) in [5.74, 6) is 0.383. The fraction of sp³-hybridized carbons (Fsp3) is 0.381. The first-order valence-electron chi connectivity index (χ1n) is 8.82. The van der Waals surface area contributed by atoms with Crippen LogP contribution in [0.15, 0.2) is 60.7 Å². The minimum atomic E-state index is -3.58. The monoisotopic (exact) mass is 510 g/mol. The van der Waals surface area contributed by atoms with Gasteiger partial charge in [0.1, 0.15) is 0 Å². The van der Waals surface area contributed by atoms with E-state index in [-0.39, 0.29) is 13.2 Å². The maximum atomic E-state index is 12.5. The quantitative estimate of drug-likeness (QED) is 0.275. The van der Waals surface area contributed by atoms with Crippen LogP contribution in [0.3, 0.4) is 0 Å². The molecule has 4 nitrogen and oxygen atoms in total. The number of hydrogen-bond acceptors (Lipinski definition) is 2. The van der Waals surface area contributed by atoms with E-state index in [9.17, 15) is 8.42 Å². The van der Waals surface area contributed by atoms with E-state index in [1.165, 1.54) is 0 Å². The molecule has 0 saturated heterocycles. The second-order valence-corrected chi connectivity index (χ2v) is 8.22. The first-order chi connectivity index (χ1) is 12.9. The number of nitrogens with zero attached hydrogens (tertiary/aromatic N) is 1. The van der Waals surface area contributed by atoms with Crippen LogP contribution in [0.5, 0.6) is 0 Å². The van der Waals surface area contributed by atoms with Crippen molar-refractivity contribution in [1.82, 2.24) is 0 Å². The molecule has 0 saturated carbocycles. The van der Waals surface area contributed by atoms with Gasteiger partial charge in [-0.2, -0.15) is 0 Å². The molecule has 7 heteroatoms. The molecule has 0 radical (unpaired) electrons. The van der Waals surface area contributed by atoms with Gasteiger partial charge in [-0.25, -0.2) is 8.42 Å². The van der Waals surface area contributed by atoms with Gasteiger partial charge in [0.2, 0.25) is 0 Å². The van der Waals surface area contributed by atoms with Gasteiger partial charge in [0.25, 0.3) is 0 Å². The van der Waals surface area contributed by atoms with Gasteiger partial charge >= 0.3 is 27.0 Å². The van der Waals surface area contributed by atoms with Crippen LogP contribution >= 0.6 is 9.69 Å². The van der Waals surface area contributed by atoms with Gasteiger partial charge in [0, 0.05) is 5.75 Å². The van der Waals surface area contributed by atoms with Crippen LogP contribution in [0, 0.1) is 13.3 Å². The van der Waals surface area contributed by atoms with Crippen LogP contribution in [-0.2, 0) is 27.3 Å². The van der Waals surface area contributed by atoms with Gasteiger partial charge in [-0.05, 0) is 12.3 Å². The van der Waals surface area contributed by atoms with Crippen LogP contribution in [0.1, 0.15) is 49.9 Å². The van der Waals surface area contributed by atoms with Crippen molar-refractivity contribution in [2.24, 2.45) is 5.92 Å². The van der Waals surface area contributed by atoms with E-state index in [2.05, 4.69) is 21.3 Å². The Bertz CT molecular complexity index is 746. The second-order valence-electron chi connectivity index (χ2n) is 6.44. The SMILES string of the molecule is CCC(C)CCS(=O)(=O)[N-]C(c1ccccc1)C([NH-])c1ccccc1.[CH3-].[Cl][Ru+3]. The molecule has 0 aromatic heterocycles. The van der Waals surface area contributed by atoms with E-state index in [0.717, 1.165) is 17.5 Å². The molecule has 0 aliphatic heterocycles. The van der Waals surface area contributed by atoms with Gasteiger partial charge in [-0.15, -0.1) is 12.1 Å². The van der Waals surface area contributed by atoms with E-state index < -0.39 is 22.1 Å². The summed E-state index contributed by atoms with van der Waals surface area (Å²) in [4.78, 5) is 0. The average molecular weight is 510 g/mol. The van der Waals surface area contributed by atoms with Crippen LogP contribution in [0.4, 0.5) is 0 Å². The van der Waals surface area contributed by atoms with Gasteiger partial charge in [-0.3, -0.25) is 0 Å². The van der Waals surface area contributed by atoms with Crippen molar-refractivity contribution in [1.29, 1.82) is 0 Å². The normalized spacial score (nSPS) is 14.0. The summed E-state index contributed by atoms with van der Waals surface area (Å²) < 4.78 is 29.2. The van der Waals surface area contributed by atoms with Gasteiger partial charge in [0.05, 0.1) is 10.0 Å². The van der Waals surface area contributed by atoms with Gasteiger partial charge in [0.15, 0.2) is 0 Å². The van der Waals surface area contributed by atoms with Crippen molar-refractivity contribution in [2.75, 3.05) is 5.75 Å². The topological polar surface area (TPSA) is 72.0 Å². The third-order valence-electron chi connectivity index (χ3n) is 4.46. The summed E-state index contributed by atoms with van der Waals surface area (Å²) in [5, 5.41) is 0. The number of halogens is 1. The number of sulfonamides is 1. The molecular weight excluding hydrogens is 481 g/mol. The van der Waals surface area contributed by atoms with Crippen LogP contribution < -0.4 is 0 Å². The summed E-state index contributed by atoms with van der Waals surface area (Å²) in [6, 6.07) is 17.0. The Morgan fingerprint density at radius 1 is 1.00 bits per heavy atom. The number of rotatable bonds is 9. The zero-order valence-corrected chi connectivity index (χ0v) is 19.8. The minimum absolute atomic E-state index is 0. The van der Waals surface area contributed by atoms with Crippen LogP contribution in [-0.4, -0.2) is 14.2 Å². The first kappa shape index (κ1) is 27.2. The fourth-order valence-electron chi connectivity index (χ4n) is 2.59. The molecule has 0 spiro atoms. The molecule has 0 aliphatic carbocycles. The standard InChI is InChI=1S/C20H26N2O2S.CH3.ClH.Ru/c1-3-16(2)14-15-25(23,24)22-20(18-12-8-5-9-13-18)19(21)17-10-6-4-7-11-17;;;/h4-13,16,19-21H,3,14-15H2,1-2H3;1H3;1H;/q-2;-1;;+4/p-1. The zero-order chi connectivity index (χ0) is 20.3. The fourth-order valence-corrected chi connectivity index (χ4v) is 3.98. The Labute approximate surface area is 185 Å². The molecule has 0 amide bonds. The molecule has 2 aromatic rings. The molecule has 2 aromatic carbocycles. The van der Waals surface area contributed by atoms with Crippen molar-refractivity contribution >= 4 is 19.7 Å². The number of nitrogens with one attached hydrogen (secondary N) is 1. The molecule has 0 aliphatic rings. The third-order valence-corrected chi connectivity index (χ3v) is 5.76. The van der Waals surface area contributed by atoms with Crippen LogP contribution in [0.2, 0.25) is 0 Å². The van der Waals surface area contributed by atoms with Crippen molar-refractivity contribution in [3.05, 3.63) is 89.7 Å². The number of benzene rings is 2. The molecule has 2 rings (SSSR count). The van der Waals surface area contributed by atoms with E-state index in [1.807, 2.05) is 84.9 Å². The predicted octanol–water partition coefficient (Wildman–Crippen LogP) is 6.80. The maximum absolute atomic E-state index is 12.5. The predicted molar refractivity (Wildman–Crippen MR) is 116 cm³/mol. The van der Waals surface area contributed by atoms with E-state index >= 15 is 0 Å². The Kier molecular flexibility index (Phi) is 13.8. The average Bonchev–Trinajstić information content (AvgIpc) is 2.72. The summed E-state index contributed by atoms with van der Waals surface area (Å²) in [6.45, 7) is 4.10. The van der Waals surface area contributed by atoms with Gasteiger partial charge in [-0.1, -0.05) is 92.1 Å². The summed E-state index contributed by atoms with van der Waals surface area (Å²) >= 11 is 1.82. The molecule has 0 heterocycles. The Hall–Kier alpha value is -0.777. The Morgan fingerprint density at radius 2 is 1.46 bits per heavy atom. The molecule has 28 heavy (non-hydrogen) atoms. The molecule has 0 fully saturated rings. The summed E-state index contributed by atoms with van der Waals surface area (Å²) in [7, 11) is 0.987. The summed E-state index contributed by atoms with van der Waals surface area (Å²) in [6.07, 6.45) is 1.54. The van der Waals surface area contributed by atoms with Gasteiger partial charge < -0.3 is 17.9 Å².